The molecule has 92 valence electrons. The molecule has 0 saturated carbocycles. The topological polar surface area (TPSA) is 61.7 Å². The molecule has 2 aromatic carbocycles. The summed E-state index contributed by atoms with van der Waals surface area (Å²) in [5.74, 6) is 0.381. The van der Waals surface area contributed by atoms with Gasteiger partial charge in [-0.3, -0.25) is 0 Å². The van der Waals surface area contributed by atoms with Crippen LogP contribution in [-0.4, -0.2) is 17.4 Å². The average Bonchev–Trinajstić information content (AvgIpc) is 2.34. The fraction of sp³-hybridized carbons (Fsp3) is 0. The second-order valence-electron chi connectivity index (χ2n) is 3.60. The third kappa shape index (κ3) is 3.66. The highest BCUT2D eigenvalue weighted by Crippen LogP contribution is 2.21. The lowest BCUT2D eigenvalue weighted by Crippen LogP contribution is -2.20. The maximum absolute atomic E-state index is 8.64. The summed E-state index contributed by atoms with van der Waals surface area (Å²) in [7, 11) is -1.81. The van der Waals surface area contributed by atoms with E-state index in [0.29, 0.717) is 10.8 Å². The molecule has 0 unspecified atom stereocenters. The van der Waals surface area contributed by atoms with Crippen LogP contribution in [0.5, 0.6) is 5.75 Å². The highest BCUT2D eigenvalue weighted by atomic mass is 35.5. The van der Waals surface area contributed by atoms with Gasteiger partial charge in [-0.1, -0.05) is 11.6 Å². The molecule has 3 N–H and O–H groups in total. The molecular weight excluding hydrogens is 252 g/mol. The summed E-state index contributed by atoms with van der Waals surface area (Å²) in [4.78, 5) is 0. The Kier molecular flexibility index (Phi) is 4.09. The fourth-order valence-corrected chi connectivity index (χ4v) is 1.56. The number of anilines is 2. The van der Waals surface area contributed by atoms with Gasteiger partial charge in [-0.05, 0) is 48.5 Å². The number of hydrogen-bond donors (Lipinski definition) is 3. The minimum Gasteiger partial charge on any atom is -0.512 e. The smallest absolute Gasteiger partial charge is 0.512 e. The molecule has 18 heavy (non-hydrogen) atoms. The molecule has 0 saturated heterocycles. The molecule has 0 aliphatic rings. The average molecular weight is 263 g/mol. The van der Waals surface area contributed by atoms with Crippen LogP contribution in [0.15, 0.2) is 48.5 Å². The molecule has 0 aliphatic heterocycles. The van der Waals surface area contributed by atoms with Crippen LogP contribution >= 0.6 is 11.6 Å². The minimum atomic E-state index is -1.81. The van der Waals surface area contributed by atoms with Gasteiger partial charge in [0.05, 0.1) is 0 Å². The molecular formula is C12H11BClNO3. The second-order valence-corrected chi connectivity index (χ2v) is 4.04. The SMILES string of the molecule is OB(O)Oc1ccc(Nc2ccc(Cl)cc2)cc1. The Labute approximate surface area is 110 Å². The van der Waals surface area contributed by atoms with E-state index in [1.165, 1.54) is 0 Å². The van der Waals surface area contributed by atoms with Crippen LogP contribution in [0, 0.1) is 0 Å². The third-order valence-electron chi connectivity index (χ3n) is 2.23. The van der Waals surface area contributed by atoms with Crippen molar-refractivity contribution < 1.29 is 14.7 Å². The molecule has 0 amide bonds. The van der Waals surface area contributed by atoms with Crippen LogP contribution in [0.4, 0.5) is 11.4 Å². The van der Waals surface area contributed by atoms with Gasteiger partial charge in [-0.25, -0.2) is 0 Å². The number of halogens is 1. The quantitative estimate of drug-likeness (QED) is 0.742. The van der Waals surface area contributed by atoms with Gasteiger partial charge >= 0.3 is 7.32 Å². The van der Waals surface area contributed by atoms with Crippen LogP contribution in [0.2, 0.25) is 5.02 Å². The van der Waals surface area contributed by atoms with Crippen molar-refractivity contribution in [2.45, 2.75) is 0 Å². The predicted octanol–water partition coefficient (Wildman–Crippen LogP) is 2.43. The van der Waals surface area contributed by atoms with E-state index in [9.17, 15) is 0 Å². The van der Waals surface area contributed by atoms with Crippen molar-refractivity contribution in [2.24, 2.45) is 0 Å². The molecule has 0 atom stereocenters. The van der Waals surface area contributed by atoms with E-state index < -0.39 is 7.32 Å². The molecule has 6 heteroatoms. The maximum atomic E-state index is 8.64. The predicted molar refractivity (Wildman–Crippen MR) is 72.0 cm³/mol. The first-order valence-electron chi connectivity index (χ1n) is 5.29. The van der Waals surface area contributed by atoms with Gasteiger partial charge in [0.2, 0.25) is 0 Å². The molecule has 0 radical (unpaired) electrons. The van der Waals surface area contributed by atoms with Crippen molar-refractivity contribution in [2.75, 3.05) is 5.32 Å². The molecule has 2 rings (SSSR count). The Morgan fingerprint density at radius 2 is 1.39 bits per heavy atom. The highest BCUT2D eigenvalue weighted by molar-refractivity contribution is 6.33. The van der Waals surface area contributed by atoms with E-state index in [1.54, 1.807) is 36.4 Å². The molecule has 2 aromatic rings. The molecule has 0 fully saturated rings. The van der Waals surface area contributed by atoms with Gasteiger partial charge in [-0.2, -0.15) is 0 Å². The van der Waals surface area contributed by atoms with Crippen molar-refractivity contribution in [3.8, 4) is 5.75 Å². The van der Waals surface area contributed by atoms with Crippen LogP contribution in [0.3, 0.4) is 0 Å². The zero-order valence-electron chi connectivity index (χ0n) is 9.38. The summed E-state index contributed by atoms with van der Waals surface area (Å²) < 4.78 is 4.70. The summed E-state index contributed by atoms with van der Waals surface area (Å²) in [6.45, 7) is 0. The zero-order chi connectivity index (χ0) is 13.0. The van der Waals surface area contributed by atoms with E-state index in [0.717, 1.165) is 11.4 Å². The first-order valence-corrected chi connectivity index (χ1v) is 5.67. The van der Waals surface area contributed by atoms with Gasteiger partial charge in [0.1, 0.15) is 5.75 Å². The zero-order valence-corrected chi connectivity index (χ0v) is 10.1. The van der Waals surface area contributed by atoms with Gasteiger partial charge in [0.25, 0.3) is 0 Å². The Balaban J connectivity index is 2.04. The van der Waals surface area contributed by atoms with Gasteiger partial charge in [-0.15, -0.1) is 0 Å². The Bertz CT molecular complexity index is 502. The molecule has 0 bridgehead atoms. The lowest BCUT2D eigenvalue weighted by atomic mass is 10.2. The van der Waals surface area contributed by atoms with Crippen LogP contribution in [-0.2, 0) is 0 Å². The standard InChI is InChI=1S/C12H11BClNO3/c14-9-1-3-10(4-2-9)15-11-5-7-12(8-6-11)18-13(16)17/h1-8,15-17H. The molecule has 0 aromatic heterocycles. The molecule has 0 spiro atoms. The molecule has 0 heterocycles. The minimum absolute atomic E-state index is 0.381. The van der Waals surface area contributed by atoms with Crippen molar-refractivity contribution in [3.63, 3.8) is 0 Å². The van der Waals surface area contributed by atoms with Gasteiger partial charge in [0.15, 0.2) is 0 Å². The first kappa shape index (κ1) is 12.8. The Morgan fingerprint density at radius 1 is 0.889 bits per heavy atom. The Morgan fingerprint density at radius 3 is 1.89 bits per heavy atom. The maximum Gasteiger partial charge on any atom is 0.707 e. The number of rotatable bonds is 4. The van der Waals surface area contributed by atoms with Crippen LogP contribution in [0.1, 0.15) is 0 Å². The fourth-order valence-electron chi connectivity index (χ4n) is 1.44. The van der Waals surface area contributed by atoms with E-state index >= 15 is 0 Å². The molecule has 4 nitrogen and oxygen atoms in total. The first-order chi connectivity index (χ1) is 8.63. The second kappa shape index (κ2) is 5.77. The van der Waals surface area contributed by atoms with Crippen molar-refractivity contribution in [1.82, 2.24) is 0 Å². The van der Waals surface area contributed by atoms with E-state index in [1.807, 2.05) is 12.1 Å². The summed E-state index contributed by atoms with van der Waals surface area (Å²) in [6, 6.07) is 14.1. The third-order valence-corrected chi connectivity index (χ3v) is 2.48. The van der Waals surface area contributed by atoms with E-state index in [-0.39, 0.29) is 0 Å². The number of hydrogen-bond acceptors (Lipinski definition) is 4. The van der Waals surface area contributed by atoms with Crippen molar-refractivity contribution in [3.05, 3.63) is 53.6 Å². The largest absolute Gasteiger partial charge is 0.707 e. The van der Waals surface area contributed by atoms with Crippen LogP contribution < -0.4 is 9.97 Å². The van der Waals surface area contributed by atoms with E-state index in [2.05, 4.69) is 5.32 Å². The number of nitrogens with one attached hydrogen (secondary N) is 1. The summed E-state index contributed by atoms with van der Waals surface area (Å²) in [5.41, 5.74) is 1.77. The summed E-state index contributed by atoms with van der Waals surface area (Å²) in [6.07, 6.45) is 0. The Hall–Kier alpha value is -1.69. The highest BCUT2D eigenvalue weighted by Gasteiger charge is 2.10. The summed E-state index contributed by atoms with van der Waals surface area (Å²) >= 11 is 5.79. The normalized spacial score (nSPS) is 9.94. The van der Waals surface area contributed by atoms with E-state index in [4.69, 9.17) is 26.3 Å². The summed E-state index contributed by atoms with van der Waals surface area (Å²) in [5, 5.41) is 21.1. The van der Waals surface area contributed by atoms with Crippen LogP contribution in [0.25, 0.3) is 0 Å². The lowest BCUT2D eigenvalue weighted by molar-refractivity contribution is 0.288. The van der Waals surface area contributed by atoms with Gasteiger partial charge in [0, 0.05) is 16.4 Å². The number of benzene rings is 2. The monoisotopic (exact) mass is 263 g/mol. The van der Waals surface area contributed by atoms with Crippen molar-refractivity contribution in [1.29, 1.82) is 0 Å². The lowest BCUT2D eigenvalue weighted by Gasteiger charge is -2.08. The van der Waals surface area contributed by atoms with Crippen molar-refractivity contribution >= 4 is 30.3 Å². The molecule has 0 aliphatic carbocycles. The van der Waals surface area contributed by atoms with Gasteiger partial charge < -0.3 is 20.0 Å².